The lowest BCUT2D eigenvalue weighted by Gasteiger charge is -2.23. The van der Waals surface area contributed by atoms with Crippen molar-refractivity contribution in [3.8, 4) is 0 Å². The van der Waals surface area contributed by atoms with Gasteiger partial charge in [-0.25, -0.2) is 4.98 Å². The lowest BCUT2D eigenvalue weighted by molar-refractivity contribution is 0.0919. The van der Waals surface area contributed by atoms with Crippen molar-refractivity contribution in [2.24, 2.45) is 5.92 Å². The van der Waals surface area contributed by atoms with Crippen molar-refractivity contribution < 1.29 is 4.79 Å². The number of likely N-dealkylation sites (N-methyl/N-ethyl adjacent to an activating group) is 1. The molecule has 1 aromatic heterocycles. The molecule has 0 aliphatic rings. The number of hydrogen-bond acceptors (Lipinski definition) is 4. The third-order valence-electron chi connectivity index (χ3n) is 3.05. The van der Waals surface area contributed by atoms with E-state index in [1.807, 2.05) is 27.1 Å². The summed E-state index contributed by atoms with van der Waals surface area (Å²) in [5.74, 6) is 0.435. The molecule has 0 aliphatic carbocycles. The fourth-order valence-electron chi connectivity index (χ4n) is 2.29. The molecular formula is C16H28N4O. The van der Waals surface area contributed by atoms with Gasteiger partial charge in [-0.05, 0) is 45.5 Å². The molecule has 1 heterocycles. The molecule has 1 atom stereocenters. The first-order valence-electron chi connectivity index (χ1n) is 7.57. The highest BCUT2D eigenvalue weighted by molar-refractivity contribution is 5.92. The van der Waals surface area contributed by atoms with Crippen LogP contribution in [0.3, 0.4) is 0 Å². The molecule has 0 spiro atoms. The van der Waals surface area contributed by atoms with Gasteiger partial charge < -0.3 is 15.5 Å². The Labute approximate surface area is 128 Å². The second-order valence-corrected chi connectivity index (χ2v) is 6.02. The minimum atomic E-state index is -0.106. The summed E-state index contributed by atoms with van der Waals surface area (Å²) in [6, 6.07) is 3.78. The van der Waals surface area contributed by atoms with E-state index in [9.17, 15) is 4.79 Å². The summed E-state index contributed by atoms with van der Waals surface area (Å²) >= 11 is 0. The highest BCUT2D eigenvalue weighted by Gasteiger charge is 2.16. The number of amides is 1. The van der Waals surface area contributed by atoms with Crippen LogP contribution in [-0.4, -0.2) is 49.0 Å². The maximum absolute atomic E-state index is 12.3. The van der Waals surface area contributed by atoms with E-state index in [1.165, 1.54) is 0 Å². The molecule has 0 saturated carbocycles. The van der Waals surface area contributed by atoms with Crippen molar-refractivity contribution in [2.75, 3.05) is 32.5 Å². The molecule has 1 amide bonds. The average Bonchev–Trinajstić information content (AvgIpc) is 2.38. The van der Waals surface area contributed by atoms with Crippen LogP contribution >= 0.6 is 0 Å². The molecule has 5 nitrogen and oxygen atoms in total. The minimum absolute atomic E-state index is 0.106. The van der Waals surface area contributed by atoms with Gasteiger partial charge in [0.25, 0.3) is 5.91 Å². The van der Waals surface area contributed by atoms with Crippen LogP contribution in [0.4, 0.5) is 5.69 Å². The Balaban J connectivity index is 2.67. The van der Waals surface area contributed by atoms with Gasteiger partial charge in [0.15, 0.2) is 0 Å². The second-order valence-electron chi connectivity index (χ2n) is 6.02. The third kappa shape index (κ3) is 6.58. The summed E-state index contributed by atoms with van der Waals surface area (Å²) in [4.78, 5) is 18.6. The molecule has 2 N–H and O–H groups in total. The summed E-state index contributed by atoms with van der Waals surface area (Å²) in [5, 5.41) is 6.25. The highest BCUT2D eigenvalue weighted by Crippen LogP contribution is 2.09. The fraction of sp³-hybridized carbons (Fsp3) is 0.625. The van der Waals surface area contributed by atoms with Crippen LogP contribution in [0.1, 0.15) is 37.7 Å². The van der Waals surface area contributed by atoms with Crippen LogP contribution in [0.25, 0.3) is 0 Å². The quantitative estimate of drug-likeness (QED) is 0.771. The Hall–Kier alpha value is -1.62. The van der Waals surface area contributed by atoms with Gasteiger partial charge >= 0.3 is 0 Å². The summed E-state index contributed by atoms with van der Waals surface area (Å²) in [6.07, 6.45) is 2.65. The van der Waals surface area contributed by atoms with E-state index in [-0.39, 0.29) is 11.9 Å². The molecule has 0 radical (unpaired) electrons. The minimum Gasteiger partial charge on any atom is -0.384 e. The molecule has 0 bridgehead atoms. The first kappa shape index (κ1) is 17.4. The van der Waals surface area contributed by atoms with Gasteiger partial charge in [-0.3, -0.25) is 4.79 Å². The maximum Gasteiger partial charge on any atom is 0.270 e. The molecule has 1 rings (SSSR count). The first-order chi connectivity index (χ1) is 9.92. The number of aromatic nitrogens is 1. The SMILES string of the molecule is CCNc1ccc(C(=O)NC(CC(C)C)CN(C)C)nc1. The lowest BCUT2D eigenvalue weighted by atomic mass is 10.0. The summed E-state index contributed by atoms with van der Waals surface area (Å²) in [5.41, 5.74) is 1.39. The average molecular weight is 292 g/mol. The Morgan fingerprint density at radius 3 is 2.52 bits per heavy atom. The monoisotopic (exact) mass is 292 g/mol. The maximum atomic E-state index is 12.3. The van der Waals surface area contributed by atoms with Crippen LogP contribution in [0.15, 0.2) is 18.3 Å². The first-order valence-corrected chi connectivity index (χ1v) is 7.57. The summed E-state index contributed by atoms with van der Waals surface area (Å²) in [6.45, 7) is 8.03. The number of anilines is 1. The van der Waals surface area contributed by atoms with Gasteiger partial charge in [0.2, 0.25) is 0 Å². The zero-order valence-corrected chi connectivity index (χ0v) is 13.8. The number of hydrogen-bond donors (Lipinski definition) is 2. The molecule has 1 unspecified atom stereocenters. The van der Waals surface area contributed by atoms with Crippen molar-refractivity contribution in [1.82, 2.24) is 15.2 Å². The Morgan fingerprint density at radius 1 is 1.33 bits per heavy atom. The van der Waals surface area contributed by atoms with Gasteiger partial charge in [0.1, 0.15) is 5.69 Å². The largest absolute Gasteiger partial charge is 0.384 e. The number of rotatable bonds is 8. The zero-order chi connectivity index (χ0) is 15.8. The van der Waals surface area contributed by atoms with Crippen molar-refractivity contribution >= 4 is 11.6 Å². The molecule has 5 heteroatoms. The van der Waals surface area contributed by atoms with Gasteiger partial charge in [0, 0.05) is 19.1 Å². The fourth-order valence-corrected chi connectivity index (χ4v) is 2.29. The van der Waals surface area contributed by atoms with Crippen molar-refractivity contribution in [2.45, 2.75) is 33.2 Å². The third-order valence-corrected chi connectivity index (χ3v) is 3.05. The van der Waals surface area contributed by atoms with E-state index in [0.717, 1.165) is 25.2 Å². The van der Waals surface area contributed by atoms with Gasteiger partial charge in [-0.1, -0.05) is 13.8 Å². The van der Waals surface area contributed by atoms with Crippen molar-refractivity contribution in [3.63, 3.8) is 0 Å². The number of carbonyl (C=O) groups excluding carboxylic acids is 1. The highest BCUT2D eigenvalue weighted by atomic mass is 16.1. The Morgan fingerprint density at radius 2 is 2.05 bits per heavy atom. The summed E-state index contributed by atoms with van der Waals surface area (Å²) in [7, 11) is 4.03. The van der Waals surface area contributed by atoms with Gasteiger partial charge in [-0.15, -0.1) is 0 Å². The van der Waals surface area contributed by atoms with E-state index in [2.05, 4.69) is 34.4 Å². The number of carbonyl (C=O) groups is 1. The van der Waals surface area contributed by atoms with Crippen molar-refractivity contribution in [1.29, 1.82) is 0 Å². The number of pyridine rings is 1. The van der Waals surface area contributed by atoms with Crippen LogP contribution in [0.5, 0.6) is 0 Å². The van der Waals surface area contributed by atoms with E-state index in [0.29, 0.717) is 11.6 Å². The standard InChI is InChI=1S/C16H28N4O/c1-6-17-13-7-8-15(18-10-13)16(21)19-14(9-12(2)3)11-20(4)5/h7-8,10,12,14,17H,6,9,11H2,1-5H3,(H,19,21). The molecule has 1 aromatic rings. The Kier molecular flexibility index (Phi) is 7.15. The predicted octanol–water partition coefficient (Wildman–Crippen LogP) is 2.22. The van der Waals surface area contributed by atoms with Gasteiger partial charge in [0.05, 0.1) is 11.9 Å². The molecular weight excluding hydrogens is 264 g/mol. The van der Waals surface area contributed by atoms with Gasteiger partial charge in [-0.2, -0.15) is 0 Å². The zero-order valence-electron chi connectivity index (χ0n) is 13.8. The smallest absolute Gasteiger partial charge is 0.270 e. The molecule has 21 heavy (non-hydrogen) atoms. The number of nitrogens with one attached hydrogen (secondary N) is 2. The normalized spacial score (nSPS) is 12.5. The molecule has 0 saturated heterocycles. The predicted molar refractivity (Wildman–Crippen MR) is 87.7 cm³/mol. The second kappa shape index (κ2) is 8.62. The number of nitrogens with zero attached hydrogens (tertiary/aromatic N) is 2. The lowest BCUT2D eigenvalue weighted by Crippen LogP contribution is -2.42. The van der Waals surface area contributed by atoms with E-state index in [1.54, 1.807) is 12.3 Å². The Bertz CT molecular complexity index is 418. The molecule has 0 fully saturated rings. The van der Waals surface area contributed by atoms with Crippen LogP contribution in [-0.2, 0) is 0 Å². The van der Waals surface area contributed by atoms with Crippen molar-refractivity contribution in [3.05, 3.63) is 24.0 Å². The molecule has 0 aliphatic heterocycles. The van der Waals surface area contributed by atoms with E-state index < -0.39 is 0 Å². The van der Waals surface area contributed by atoms with E-state index in [4.69, 9.17) is 0 Å². The van der Waals surface area contributed by atoms with Crippen LogP contribution in [0, 0.1) is 5.92 Å². The summed E-state index contributed by atoms with van der Waals surface area (Å²) < 4.78 is 0. The molecule has 118 valence electrons. The molecule has 0 aromatic carbocycles. The topological polar surface area (TPSA) is 57.3 Å². The van der Waals surface area contributed by atoms with Crippen LogP contribution < -0.4 is 10.6 Å². The van der Waals surface area contributed by atoms with E-state index >= 15 is 0 Å². The van der Waals surface area contributed by atoms with Crippen LogP contribution in [0.2, 0.25) is 0 Å².